The molecule has 0 saturated carbocycles. The van der Waals surface area contributed by atoms with E-state index in [1.807, 2.05) is 60.7 Å². The Balaban J connectivity index is 1.67. The molecule has 1 N–H and O–H groups in total. The third-order valence-corrected chi connectivity index (χ3v) is 4.64. The number of amides is 1. The summed E-state index contributed by atoms with van der Waals surface area (Å²) in [5.41, 5.74) is 2.05. The summed E-state index contributed by atoms with van der Waals surface area (Å²) in [6.07, 6.45) is 4.54. The van der Waals surface area contributed by atoms with Crippen molar-refractivity contribution in [1.82, 2.24) is 4.90 Å². The van der Waals surface area contributed by atoms with Gasteiger partial charge in [0.15, 0.2) is 11.5 Å². The van der Waals surface area contributed by atoms with Crippen LogP contribution in [0.5, 0.6) is 11.5 Å². The SMILES string of the molecule is COc1cccc2c1OC[C@@H](C(=O)N(C/C=C/c1ccccc1)CCO)C2. The average molecular weight is 367 g/mol. The van der Waals surface area contributed by atoms with Crippen LogP contribution in [0.2, 0.25) is 0 Å². The lowest BCUT2D eigenvalue weighted by molar-refractivity contribution is -0.136. The number of hydrogen-bond donors (Lipinski definition) is 1. The number of methoxy groups -OCH3 is 1. The van der Waals surface area contributed by atoms with Crippen LogP contribution in [0.15, 0.2) is 54.6 Å². The molecule has 0 unspecified atom stereocenters. The fourth-order valence-corrected chi connectivity index (χ4v) is 3.26. The summed E-state index contributed by atoms with van der Waals surface area (Å²) >= 11 is 0. The predicted octanol–water partition coefficient (Wildman–Crippen LogP) is 2.78. The van der Waals surface area contributed by atoms with Gasteiger partial charge in [-0.15, -0.1) is 0 Å². The van der Waals surface area contributed by atoms with Gasteiger partial charge in [0.25, 0.3) is 0 Å². The lowest BCUT2D eigenvalue weighted by Crippen LogP contribution is -2.42. The smallest absolute Gasteiger partial charge is 0.229 e. The van der Waals surface area contributed by atoms with E-state index in [9.17, 15) is 9.90 Å². The van der Waals surface area contributed by atoms with E-state index in [0.29, 0.717) is 31.9 Å². The Morgan fingerprint density at radius 2 is 2.07 bits per heavy atom. The average Bonchev–Trinajstić information content (AvgIpc) is 2.72. The second kappa shape index (κ2) is 9.24. The molecule has 2 aromatic carbocycles. The maximum Gasteiger partial charge on any atom is 0.229 e. The zero-order valence-electron chi connectivity index (χ0n) is 15.5. The molecule has 142 valence electrons. The van der Waals surface area contributed by atoms with E-state index in [0.717, 1.165) is 16.9 Å². The fraction of sp³-hybridized carbons (Fsp3) is 0.318. The van der Waals surface area contributed by atoms with Crippen LogP contribution in [-0.4, -0.2) is 49.3 Å². The number of rotatable bonds is 7. The summed E-state index contributed by atoms with van der Waals surface area (Å²) in [6.45, 7) is 1.01. The minimum Gasteiger partial charge on any atom is -0.493 e. The van der Waals surface area contributed by atoms with Crippen molar-refractivity contribution in [2.75, 3.05) is 33.4 Å². The summed E-state index contributed by atoms with van der Waals surface area (Å²) in [4.78, 5) is 14.6. The second-order valence-electron chi connectivity index (χ2n) is 6.48. The Morgan fingerprint density at radius 1 is 1.26 bits per heavy atom. The van der Waals surface area contributed by atoms with E-state index in [1.54, 1.807) is 12.0 Å². The van der Waals surface area contributed by atoms with Crippen LogP contribution < -0.4 is 9.47 Å². The Kier molecular flexibility index (Phi) is 6.49. The fourth-order valence-electron chi connectivity index (χ4n) is 3.26. The predicted molar refractivity (Wildman–Crippen MR) is 105 cm³/mol. The van der Waals surface area contributed by atoms with Gasteiger partial charge in [0, 0.05) is 13.1 Å². The van der Waals surface area contributed by atoms with Gasteiger partial charge in [0.2, 0.25) is 5.91 Å². The Morgan fingerprint density at radius 3 is 2.81 bits per heavy atom. The lowest BCUT2D eigenvalue weighted by Gasteiger charge is -2.30. The Bertz CT molecular complexity index is 788. The molecule has 5 heteroatoms. The van der Waals surface area contributed by atoms with E-state index in [1.165, 1.54) is 0 Å². The zero-order chi connectivity index (χ0) is 19.1. The van der Waals surface area contributed by atoms with Crippen molar-refractivity contribution in [3.05, 3.63) is 65.7 Å². The molecule has 1 aliphatic heterocycles. The molecular weight excluding hydrogens is 342 g/mol. The number of hydrogen-bond acceptors (Lipinski definition) is 4. The van der Waals surface area contributed by atoms with Crippen LogP contribution in [0.3, 0.4) is 0 Å². The van der Waals surface area contributed by atoms with Crippen molar-refractivity contribution >= 4 is 12.0 Å². The van der Waals surface area contributed by atoms with Gasteiger partial charge in [-0.25, -0.2) is 0 Å². The molecule has 2 aromatic rings. The van der Waals surface area contributed by atoms with Gasteiger partial charge in [-0.2, -0.15) is 0 Å². The van der Waals surface area contributed by atoms with E-state index >= 15 is 0 Å². The highest BCUT2D eigenvalue weighted by Crippen LogP contribution is 2.36. The first-order valence-corrected chi connectivity index (χ1v) is 9.13. The molecule has 5 nitrogen and oxygen atoms in total. The van der Waals surface area contributed by atoms with Gasteiger partial charge in [-0.05, 0) is 23.6 Å². The number of carbonyl (C=O) groups is 1. The van der Waals surface area contributed by atoms with Crippen molar-refractivity contribution in [2.24, 2.45) is 5.92 Å². The molecule has 1 atom stereocenters. The van der Waals surface area contributed by atoms with Crippen molar-refractivity contribution in [3.63, 3.8) is 0 Å². The monoisotopic (exact) mass is 367 g/mol. The highest BCUT2D eigenvalue weighted by Gasteiger charge is 2.30. The molecule has 0 fully saturated rings. The molecule has 1 heterocycles. The number of aliphatic hydroxyl groups is 1. The highest BCUT2D eigenvalue weighted by atomic mass is 16.5. The maximum absolute atomic E-state index is 13.0. The summed E-state index contributed by atoms with van der Waals surface area (Å²) in [7, 11) is 1.61. The Labute approximate surface area is 159 Å². The van der Waals surface area contributed by atoms with E-state index in [2.05, 4.69) is 0 Å². The van der Waals surface area contributed by atoms with Crippen molar-refractivity contribution in [2.45, 2.75) is 6.42 Å². The standard InChI is InChI=1S/C22H25NO4/c1-26-20-11-5-10-18-15-19(16-27-21(18)20)22(25)23(13-14-24)12-6-9-17-7-3-2-4-8-17/h2-11,19,24H,12-16H2,1H3/b9-6+/t19-/m0/s1. The highest BCUT2D eigenvalue weighted by molar-refractivity contribution is 5.80. The van der Waals surface area contributed by atoms with E-state index in [-0.39, 0.29) is 18.4 Å². The molecule has 0 aliphatic carbocycles. The van der Waals surface area contributed by atoms with E-state index in [4.69, 9.17) is 9.47 Å². The third kappa shape index (κ3) is 4.68. The molecular formula is C22H25NO4. The molecule has 0 spiro atoms. The van der Waals surface area contributed by atoms with Crippen molar-refractivity contribution in [3.8, 4) is 11.5 Å². The van der Waals surface area contributed by atoms with Gasteiger partial charge in [-0.3, -0.25) is 4.79 Å². The molecule has 0 aromatic heterocycles. The molecule has 3 rings (SSSR count). The quantitative estimate of drug-likeness (QED) is 0.818. The maximum atomic E-state index is 13.0. The number of nitrogens with zero attached hydrogens (tertiary/aromatic N) is 1. The van der Waals surface area contributed by atoms with Crippen LogP contribution in [0, 0.1) is 5.92 Å². The van der Waals surface area contributed by atoms with Gasteiger partial charge in [0.1, 0.15) is 6.61 Å². The number of aliphatic hydroxyl groups excluding tert-OH is 1. The summed E-state index contributed by atoms with van der Waals surface area (Å²) < 4.78 is 11.2. The number of benzene rings is 2. The van der Waals surface area contributed by atoms with Gasteiger partial charge in [-0.1, -0.05) is 54.6 Å². The second-order valence-corrected chi connectivity index (χ2v) is 6.48. The van der Waals surface area contributed by atoms with E-state index < -0.39 is 0 Å². The number of ether oxygens (including phenoxy) is 2. The van der Waals surface area contributed by atoms with Crippen LogP contribution in [0.25, 0.3) is 6.08 Å². The molecule has 0 bridgehead atoms. The van der Waals surface area contributed by atoms with Crippen LogP contribution in [0.1, 0.15) is 11.1 Å². The van der Waals surface area contributed by atoms with Gasteiger partial charge >= 0.3 is 0 Å². The molecule has 27 heavy (non-hydrogen) atoms. The number of para-hydroxylation sites is 1. The molecule has 0 radical (unpaired) electrons. The molecule has 1 amide bonds. The lowest BCUT2D eigenvalue weighted by atomic mass is 9.95. The molecule has 1 aliphatic rings. The van der Waals surface area contributed by atoms with Crippen LogP contribution in [-0.2, 0) is 11.2 Å². The Hall–Kier alpha value is -2.79. The topological polar surface area (TPSA) is 59.0 Å². The van der Waals surface area contributed by atoms with Crippen LogP contribution >= 0.6 is 0 Å². The van der Waals surface area contributed by atoms with Gasteiger partial charge in [0.05, 0.1) is 19.6 Å². The normalized spacial score (nSPS) is 15.9. The minimum absolute atomic E-state index is 0.00442. The van der Waals surface area contributed by atoms with Gasteiger partial charge < -0.3 is 19.5 Å². The first-order valence-electron chi connectivity index (χ1n) is 9.13. The largest absolute Gasteiger partial charge is 0.493 e. The summed E-state index contributed by atoms with van der Waals surface area (Å²) in [6, 6.07) is 15.7. The zero-order valence-corrected chi connectivity index (χ0v) is 15.5. The summed E-state index contributed by atoms with van der Waals surface area (Å²) in [5.74, 6) is 1.15. The first kappa shape index (κ1) is 19.0. The van der Waals surface area contributed by atoms with Crippen LogP contribution in [0.4, 0.5) is 0 Å². The first-order chi connectivity index (χ1) is 13.2. The van der Waals surface area contributed by atoms with Crippen molar-refractivity contribution < 1.29 is 19.4 Å². The minimum atomic E-state index is -0.263. The third-order valence-electron chi connectivity index (χ3n) is 4.64. The molecule has 0 saturated heterocycles. The number of carbonyl (C=O) groups excluding carboxylic acids is 1. The van der Waals surface area contributed by atoms with Crippen molar-refractivity contribution in [1.29, 1.82) is 0 Å². The number of fused-ring (bicyclic) bond motifs is 1. The summed E-state index contributed by atoms with van der Waals surface area (Å²) in [5, 5.41) is 9.36.